The molecule has 0 saturated heterocycles. The van der Waals surface area contributed by atoms with Crippen molar-refractivity contribution in [1.82, 2.24) is 15.0 Å². The number of hydrogen-bond donors (Lipinski definition) is 1. The Morgan fingerprint density at radius 1 is 1.11 bits per heavy atom. The number of nitrogens with zero attached hydrogens (tertiary/aromatic N) is 2. The van der Waals surface area contributed by atoms with Gasteiger partial charge in [0.15, 0.2) is 5.82 Å². The SMILES string of the molecule is Cc1ccc(OCCCCNC(=O)c2cc(C)n(-c3cc(C)on3)c2C)cc1. The van der Waals surface area contributed by atoms with E-state index in [-0.39, 0.29) is 5.91 Å². The summed E-state index contributed by atoms with van der Waals surface area (Å²) >= 11 is 0. The normalized spacial score (nSPS) is 10.9. The molecule has 0 aliphatic carbocycles. The fraction of sp³-hybridized carbons (Fsp3) is 0.364. The van der Waals surface area contributed by atoms with E-state index >= 15 is 0 Å². The molecular formula is C22H27N3O3. The zero-order valence-corrected chi connectivity index (χ0v) is 16.9. The summed E-state index contributed by atoms with van der Waals surface area (Å²) in [5, 5.41) is 7.04. The van der Waals surface area contributed by atoms with E-state index in [1.165, 1.54) is 5.56 Å². The van der Waals surface area contributed by atoms with Crippen molar-refractivity contribution in [3.8, 4) is 11.6 Å². The largest absolute Gasteiger partial charge is 0.494 e. The van der Waals surface area contributed by atoms with Crippen molar-refractivity contribution >= 4 is 5.91 Å². The topological polar surface area (TPSA) is 69.3 Å². The highest BCUT2D eigenvalue weighted by Crippen LogP contribution is 2.20. The van der Waals surface area contributed by atoms with Crippen molar-refractivity contribution in [3.63, 3.8) is 0 Å². The van der Waals surface area contributed by atoms with Crippen LogP contribution in [0.5, 0.6) is 5.75 Å². The number of unbranched alkanes of at least 4 members (excludes halogenated alkanes) is 1. The Balaban J connectivity index is 1.47. The van der Waals surface area contributed by atoms with Crippen LogP contribution in [0.2, 0.25) is 0 Å². The maximum Gasteiger partial charge on any atom is 0.253 e. The number of carbonyl (C=O) groups excluding carboxylic acids is 1. The van der Waals surface area contributed by atoms with Crippen molar-refractivity contribution < 1.29 is 14.1 Å². The van der Waals surface area contributed by atoms with E-state index in [2.05, 4.69) is 17.4 Å². The number of amides is 1. The fourth-order valence-corrected chi connectivity index (χ4v) is 3.15. The lowest BCUT2D eigenvalue weighted by Gasteiger charge is -2.08. The molecule has 1 aromatic carbocycles. The van der Waals surface area contributed by atoms with Crippen LogP contribution in [0.15, 0.2) is 40.9 Å². The maximum atomic E-state index is 12.6. The Kier molecular flexibility index (Phi) is 6.19. The molecule has 6 nitrogen and oxygen atoms in total. The van der Waals surface area contributed by atoms with Crippen LogP contribution >= 0.6 is 0 Å². The van der Waals surface area contributed by atoms with Crippen LogP contribution in [-0.4, -0.2) is 28.8 Å². The first-order chi connectivity index (χ1) is 13.5. The van der Waals surface area contributed by atoms with E-state index in [4.69, 9.17) is 9.26 Å². The second kappa shape index (κ2) is 8.78. The summed E-state index contributed by atoms with van der Waals surface area (Å²) in [6.45, 7) is 9.02. The summed E-state index contributed by atoms with van der Waals surface area (Å²) in [6, 6.07) is 11.8. The molecule has 3 aromatic rings. The predicted molar refractivity (Wildman–Crippen MR) is 108 cm³/mol. The lowest BCUT2D eigenvalue weighted by Crippen LogP contribution is -2.25. The van der Waals surface area contributed by atoms with Gasteiger partial charge in [0.2, 0.25) is 0 Å². The van der Waals surface area contributed by atoms with Crippen LogP contribution in [0.25, 0.3) is 5.82 Å². The Labute approximate surface area is 165 Å². The van der Waals surface area contributed by atoms with Crippen LogP contribution in [0.1, 0.15) is 45.9 Å². The second-order valence-electron chi connectivity index (χ2n) is 7.04. The zero-order valence-electron chi connectivity index (χ0n) is 16.9. The Morgan fingerprint density at radius 2 is 1.86 bits per heavy atom. The van der Waals surface area contributed by atoms with Crippen LogP contribution < -0.4 is 10.1 Å². The molecule has 0 aliphatic rings. The standard InChI is InChI=1S/C22H27N3O3/c1-15-7-9-19(10-8-15)27-12-6-5-11-23-22(26)20-13-16(2)25(18(20)4)21-14-17(3)28-24-21/h7-10,13-14H,5-6,11-12H2,1-4H3,(H,23,26). The molecule has 0 radical (unpaired) electrons. The number of nitrogens with one attached hydrogen (secondary N) is 1. The highest BCUT2D eigenvalue weighted by Gasteiger charge is 2.18. The number of hydrogen-bond acceptors (Lipinski definition) is 4. The number of aromatic nitrogens is 2. The highest BCUT2D eigenvalue weighted by molar-refractivity contribution is 5.95. The first-order valence-corrected chi connectivity index (χ1v) is 9.56. The second-order valence-corrected chi connectivity index (χ2v) is 7.04. The molecule has 2 heterocycles. The van der Waals surface area contributed by atoms with E-state index in [1.54, 1.807) is 0 Å². The molecule has 2 aromatic heterocycles. The van der Waals surface area contributed by atoms with Gasteiger partial charge in [0.1, 0.15) is 11.5 Å². The van der Waals surface area contributed by atoms with E-state index < -0.39 is 0 Å². The van der Waals surface area contributed by atoms with Crippen LogP contribution in [0, 0.1) is 27.7 Å². The molecule has 0 saturated carbocycles. The molecule has 0 aliphatic heterocycles. The maximum absolute atomic E-state index is 12.6. The molecule has 28 heavy (non-hydrogen) atoms. The van der Waals surface area contributed by atoms with Gasteiger partial charge < -0.3 is 14.6 Å². The average molecular weight is 381 g/mol. The summed E-state index contributed by atoms with van der Waals surface area (Å²) in [5.41, 5.74) is 3.68. The van der Waals surface area contributed by atoms with E-state index in [0.717, 1.165) is 35.7 Å². The van der Waals surface area contributed by atoms with Gasteiger partial charge in [-0.1, -0.05) is 22.9 Å². The molecule has 0 fully saturated rings. The monoisotopic (exact) mass is 381 g/mol. The zero-order chi connectivity index (χ0) is 20.1. The molecule has 6 heteroatoms. The summed E-state index contributed by atoms with van der Waals surface area (Å²) in [5.74, 6) is 2.24. The Morgan fingerprint density at radius 3 is 2.54 bits per heavy atom. The third-order valence-electron chi connectivity index (χ3n) is 4.67. The molecule has 0 atom stereocenters. The number of ether oxygens (including phenoxy) is 1. The van der Waals surface area contributed by atoms with E-state index in [0.29, 0.717) is 24.5 Å². The van der Waals surface area contributed by atoms with Crippen molar-refractivity contribution in [3.05, 3.63) is 64.7 Å². The summed E-state index contributed by atoms with van der Waals surface area (Å²) in [7, 11) is 0. The quantitative estimate of drug-likeness (QED) is 0.591. The lowest BCUT2D eigenvalue weighted by atomic mass is 10.2. The number of carbonyl (C=O) groups is 1. The van der Waals surface area contributed by atoms with Crippen molar-refractivity contribution in [2.75, 3.05) is 13.2 Å². The molecule has 1 amide bonds. The van der Waals surface area contributed by atoms with Gasteiger partial charge in [0.25, 0.3) is 5.91 Å². The molecule has 0 unspecified atom stereocenters. The van der Waals surface area contributed by atoms with Gasteiger partial charge in [-0.3, -0.25) is 9.36 Å². The predicted octanol–water partition coefficient (Wildman–Crippen LogP) is 4.29. The summed E-state index contributed by atoms with van der Waals surface area (Å²) in [4.78, 5) is 12.6. The number of aryl methyl sites for hydroxylation is 3. The smallest absolute Gasteiger partial charge is 0.253 e. The molecule has 0 bridgehead atoms. The number of rotatable bonds is 8. The summed E-state index contributed by atoms with van der Waals surface area (Å²) < 4.78 is 12.8. The van der Waals surface area contributed by atoms with Gasteiger partial charge in [0.05, 0.1) is 12.2 Å². The molecular weight excluding hydrogens is 354 g/mol. The van der Waals surface area contributed by atoms with Crippen LogP contribution in [-0.2, 0) is 0 Å². The van der Waals surface area contributed by atoms with Gasteiger partial charge in [0, 0.05) is 24.0 Å². The molecule has 3 rings (SSSR count). The average Bonchev–Trinajstić information content (AvgIpc) is 3.21. The van der Waals surface area contributed by atoms with Gasteiger partial charge in [-0.05, 0) is 58.7 Å². The molecule has 1 N–H and O–H groups in total. The first-order valence-electron chi connectivity index (χ1n) is 9.56. The molecule has 0 spiro atoms. The minimum Gasteiger partial charge on any atom is -0.494 e. The Bertz CT molecular complexity index is 939. The van der Waals surface area contributed by atoms with Crippen molar-refractivity contribution in [2.24, 2.45) is 0 Å². The summed E-state index contributed by atoms with van der Waals surface area (Å²) in [6.07, 6.45) is 1.74. The van der Waals surface area contributed by atoms with Crippen molar-refractivity contribution in [1.29, 1.82) is 0 Å². The highest BCUT2D eigenvalue weighted by atomic mass is 16.5. The van der Waals surface area contributed by atoms with Gasteiger partial charge in [-0.25, -0.2) is 0 Å². The lowest BCUT2D eigenvalue weighted by molar-refractivity contribution is 0.0951. The molecule has 148 valence electrons. The van der Waals surface area contributed by atoms with E-state index in [9.17, 15) is 4.79 Å². The van der Waals surface area contributed by atoms with Crippen LogP contribution in [0.3, 0.4) is 0 Å². The number of benzene rings is 1. The van der Waals surface area contributed by atoms with Gasteiger partial charge in [-0.2, -0.15) is 0 Å². The fourth-order valence-electron chi connectivity index (χ4n) is 3.15. The van der Waals surface area contributed by atoms with Gasteiger partial charge in [-0.15, -0.1) is 0 Å². The Hall–Kier alpha value is -3.02. The third-order valence-corrected chi connectivity index (χ3v) is 4.67. The van der Waals surface area contributed by atoms with Gasteiger partial charge >= 0.3 is 0 Å². The third kappa shape index (κ3) is 4.63. The minimum absolute atomic E-state index is 0.0704. The van der Waals surface area contributed by atoms with E-state index in [1.807, 2.05) is 61.7 Å². The van der Waals surface area contributed by atoms with Crippen molar-refractivity contribution in [2.45, 2.75) is 40.5 Å². The minimum atomic E-state index is -0.0704. The first kappa shape index (κ1) is 19.7. The van der Waals surface area contributed by atoms with Crippen LogP contribution in [0.4, 0.5) is 0 Å².